The number of hydrogen-bond acceptors (Lipinski definition) is 3. The van der Waals surface area contributed by atoms with E-state index in [1.54, 1.807) is 0 Å². The molecule has 1 heterocycles. The van der Waals surface area contributed by atoms with Crippen molar-refractivity contribution in [3.8, 4) is 0 Å². The summed E-state index contributed by atoms with van der Waals surface area (Å²) < 4.78 is 5.43. The Hall–Kier alpha value is -0.770. The van der Waals surface area contributed by atoms with Crippen molar-refractivity contribution in [3.63, 3.8) is 0 Å². The lowest BCUT2D eigenvalue weighted by atomic mass is 9.85. The van der Waals surface area contributed by atoms with E-state index in [1.165, 1.54) is 0 Å². The third-order valence-electron chi connectivity index (χ3n) is 4.19. The summed E-state index contributed by atoms with van der Waals surface area (Å²) >= 11 is 0. The second-order valence-corrected chi connectivity index (χ2v) is 7.97. The molecule has 21 heavy (non-hydrogen) atoms. The molecule has 1 aliphatic heterocycles. The van der Waals surface area contributed by atoms with E-state index in [0.717, 1.165) is 26.1 Å². The highest BCUT2D eigenvalue weighted by atomic mass is 16.6. The van der Waals surface area contributed by atoms with Crippen LogP contribution >= 0.6 is 0 Å². The summed E-state index contributed by atoms with van der Waals surface area (Å²) in [7, 11) is 0. The Bertz CT molecular complexity index is 326. The molecule has 0 saturated carbocycles. The number of ether oxygens (including phenoxy) is 1. The zero-order chi connectivity index (χ0) is 16.2. The Morgan fingerprint density at radius 2 is 1.81 bits per heavy atom. The largest absolute Gasteiger partial charge is 0.444 e. The van der Waals surface area contributed by atoms with Crippen LogP contribution in [-0.4, -0.2) is 42.3 Å². The maximum atomic E-state index is 12.0. The van der Waals surface area contributed by atoms with Crippen LogP contribution in [0.3, 0.4) is 0 Å². The van der Waals surface area contributed by atoms with Crippen LogP contribution in [-0.2, 0) is 4.74 Å². The van der Waals surface area contributed by atoms with Crippen molar-refractivity contribution in [1.82, 2.24) is 10.2 Å². The van der Waals surface area contributed by atoms with Gasteiger partial charge in [-0.1, -0.05) is 27.7 Å². The minimum Gasteiger partial charge on any atom is -0.444 e. The van der Waals surface area contributed by atoms with E-state index in [4.69, 9.17) is 4.74 Å². The second kappa shape index (κ2) is 7.48. The Labute approximate surface area is 130 Å². The molecule has 0 bridgehead atoms. The molecule has 0 aromatic heterocycles. The predicted octanol–water partition coefficient (Wildman–Crippen LogP) is 3.51. The average Bonchev–Trinajstić information content (AvgIpc) is 2.74. The highest BCUT2D eigenvalue weighted by molar-refractivity contribution is 5.68. The summed E-state index contributed by atoms with van der Waals surface area (Å²) in [6.07, 6.45) is 0.832. The molecule has 0 aliphatic carbocycles. The minimum atomic E-state index is -0.414. The molecule has 1 saturated heterocycles. The Morgan fingerprint density at radius 1 is 1.24 bits per heavy atom. The van der Waals surface area contributed by atoms with Gasteiger partial charge < -0.3 is 15.0 Å². The molecule has 4 nitrogen and oxygen atoms in total. The SMILES string of the molecule is CC(C)C(CNC1CCN(C(=O)OC(C)(C)C)C1)C(C)C. The molecular formula is C17H34N2O2. The molecule has 1 amide bonds. The zero-order valence-corrected chi connectivity index (χ0v) is 14.9. The molecule has 0 aromatic carbocycles. The summed E-state index contributed by atoms with van der Waals surface area (Å²) in [4.78, 5) is 13.9. The van der Waals surface area contributed by atoms with Crippen LogP contribution in [0.4, 0.5) is 4.79 Å². The van der Waals surface area contributed by atoms with E-state index in [9.17, 15) is 4.79 Å². The molecule has 1 fully saturated rings. The van der Waals surface area contributed by atoms with Gasteiger partial charge in [-0.2, -0.15) is 0 Å². The van der Waals surface area contributed by atoms with Crippen molar-refractivity contribution < 1.29 is 9.53 Å². The first-order valence-electron chi connectivity index (χ1n) is 8.31. The first-order chi connectivity index (χ1) is 9.60. The highest BCUT2D eigenvalue weighted by Crippen LogP contribution is 2.21. The maximum Gasteiger partial charge on any atom is 0.410 e. The van der Waals surface area contributed by atoms with Gasteiger partial charge in [0.2, 0.25) is 0 Å². The fourth-order valence-corrected chi connectivity index (χ4v) is 2.96. The van der Waals surface area contributed by atoms with Gasteiger partial charge in [-0.25, -0.2) is 4.79 Å². The molecule has 4 heteroatoms. The van der Waals surface area contributed by atoms with Crippen LogP contribution in [0, 0.1) is 17.8 Å². The molecular weight excluding hydrogens is 264 g/mol. The van der Waals surface area contributed by atoms with Crippen LogP contribution in [0.2, 0.25) is 0 Å². The molecule has 0 spiro atoms. The fourth-order valence-electron chi connectivity index (χ4n) is 2.96. The Balaban J connectivity index is 2.39. The van der Waals surface area contributed by atoms with E-state index in [1.807, 2.05) is 25.7 Å². The zero-order valence-electron chi connectivity index (χ0n) is 14.9. The molecule has 0 radical (unpaired) electrons. The second-order valence-electron chi connectivity index (χ2n) is 7.97. The van der Waals surface area contributed by atoms with Crippen molar-refractivity contribution in [1.29, 1.82) is 0 Å². The number of likely N-dealkylation sites (tertiary alicyclic amines) is 1. The van der Waals surface area contributed by atoms with Gasteiger partial charge in [0, 0.05) is 19.1 Å². The average molecular weight is 298 g/mol. The monoisotopic (exact) mass is 298 g/mol. The summed E-state index contributed by atoms with van der Waals surface area (Å²) in [5.41, 5.74) is -0.414. The fraction of sp³-hybridized carbons (Fsp3) is 0.941. The minimum absolute atomic E-state index is 0.184. The van der Waals surface area contributed by atoms with Crippen molar-refractivity contribution in [2.24, 2.45) is 17.8 Å². The van der Waals surface area contributed by atoms with E-state index in [0.29, 0.717) is 23.8 Å². The Morgan fingerprint density at radius 3 is 2.29 bits per heavy atom. The summed E-state index contributed by atoms with van der Waals surface area (Å²) in [5.74, 6) is 2.04. The number of nitrogens with one attached hydrogen (secondary N) is 1. The predicted molar refractivity (Wildman–Crippen MR) is 87.4 cm³/mol. The van der Waals surface area contributed by atoms with Gasteiger partial charge in [-0.15, -0.1) is 0 Å². The number of carbonyl (C=O) groups is 1. The smallest absolute Gasteiger partial charge is 0.410 e. The van der Waals surface area contributed by atoms with Gasteiger partial charge in [0.05, 0.1) is 0 Å². The third-order valence-corrected chi connectivity index (χ3v) is 4.19. The van der Waals surface area contributed by atoms with Crippen LogP contribution in [0.5, 0.6) is 0 Å². The first-order valence-corrected chi connectivity index (χ1v) is 8.31. The number of amides is 1. The van der Waals surface area contributed by atoms with Gasteiger partial charge in [0.15, 0.2) is 0 Å². The molecule has 1 N–H and O–H groups in total. The number of rotatable bonds is 5. The number of nitrogens with zero attached hydrogens (tertiary/aromatic N) is 1. The lowest BCUT2D eigenvalue weighted by Crippen LogP contribution is -2.40. The third kappa shape index (κ3) is 6.25. The molecule has 0 aromatic rings. The summed E-state index contributed by atoms with van der Waals surface area (Å²) in [6.45, 7) is 17.5. The molecule has 124 valence electrons. The van der Waals surface area contributed by atoms with E-state index >= 15 is 0 Å². The van der Waals surface area contributed by atoms with E-state index in [2.05, 4.69) is 33.0 Å². The summed E-state index contributed by atoms with van der Waals surface area (Å²) in [5, 5.41) is 3.64. The number of hydrogen-bond donors (Lipinski definition) is 1. The van der Waals surface area contributed by atoms with Crippen LogP contribution in [0.1, 0.15) is 54.9 Å². The van der Waals surface area contributed by atoms with Gasteiger partial charge in [-0.3, -0.25) is 0 Å². The van der Waals surface area contributed by atoms with Crippen molar-refractivity contribution in [2.75, 3.05) is 19.6 Å². The maximum absolute atomic E-state index is 12.0. The van der Waals surface area contributed by atoms with Gasteiger partial charge in [-0.05, 0) is 51.5 Å². The topological polar surface area (TPSA) is 41.6 Å². The van der Waals surface area contributed by atoms with Gasteiger partial charge in [0.25, 0.3) is 0 Å². The summed E-state index contributed by atoms with van der Waals surface area (Å²) in [6, 6.07) is 0.400. The van der Waals surface area contributed by atoms with Crippen LogP contribution in [0.15, 0.2) is 0 Å². The lowest BCUT2D eigenvalue weighted by Gasteiger charge is -2.27. The molecule has 1 unspecified atom stereocenters. The van der Waals surface area contributed by atoms with Crippen molar-refractivity contribution in [3.05, 3.63) is 0 Å². The molecule has 1 atom stereocenters. The van der Waals surface area contributed by atoms with E-state index < -0.39 is 5.60 Å². The highest BCUT2D eigenvalue weighted by Gasteiger charge is 2.30. The molecule has 1 rings (SSSR count). The van der Waals surface area contributed by atoms with Gasteiger partial charge >= 0.3 is 6.09 Å². The molecule has 1 aliphatic rings. The van der Waals surface area contributed by atoms with Crippen molar-refractivity contribution in [2.45, 2.75) is 66.5 Å². The normalized spacial score (nSPS) is 19.9. The van der Waals surface area contributed by atoms with E-state index in [-0.39, 0.29) is 6.09 Å². The lowest BCUT2D eigenvalue weighted by molar-refractivity contribution is 0.0290. The number of carbonyl (C=O) groups excluding carboxylic acids is 1. The Kier molecular flexibility index (Phi) is 6.51. The standard InChI is InChI=1S/C17H34N2O2/c1-12(2)15(13(3)4)10-18-14-8-9-19(11-14)16(20)21-17(5,6)7/h12-15,18H,8-11H2,1-7H3. The first kappa shape index (κ1) is 18.3. The van der Waals surface area contributed by atoms with Gasteiger partial charge in [0.1, 0.15) is 5.60 Å². The van der Waals surface area contributed by atoms with Crippen molar-refractivity contribution >= 4 is 6.09 Å². The van der Waals surface area contributed by atoms with Crippen LogP contribution < -0.4 is 5.32 Å². The quantitative estimate of drug-likeness (QED) is 0.844. The van der Waals surface area contributed by atoms with Crippen LogP contribution in [0.25, 0.3) is 0 Å².